The highest BCUT2D eigenvalue weighted by Crippen LogP contribution is 2.30. The number of rotatable bonds is 8. The maximum absolute atomic E-state index is 13.2. The Morgan fingerprint density at radius 3 is 2.24 bits per heavy atom. The molecule has 37 heavy (non-hydrogen) atoms. The van der Waals surface area contributed by atoms with Crippen LogP contribution in [0.1, 0.15) is 24.4 Å². The van der Waals surface area contributed by atoms with Crippen molar-refractivity contribution in [1.29, 1.82) is 0 Å². The minimum atomic E-state index is -1.23. The molecule has 0 bridgehead atoms. The fourth-order valence-electron chi connectivity index (χ4n) is 4.45. The van der Waals surface area contributed by atoms with Crippen LogP contribution in [0.15, 0.2) is 96.0 Å². The lowest BCUT2D eigenvalue weighted by atomic mass is 9.87. The summed E-state index contributed by atoms with van der Waals surface area (Å²) in [5.74, 6) is 1.09. The van der Waals surface area contributed by atoms with Crippen molar-refractivity contribution in [3.05, 3.63) is 103 Å². The van der Waals surface area contributed by atoms with Crippen LogP contribution in [0.4, 0.5) is 27.5 Å². The molecule has 0 spiro atoms. The molecule has 5 rings (SSSR count). The number of anilines is 4. The number of nitrogens with zero attached hydrogens (tertiary/aromatic N) is 3. The van der Waals surface area contributed by atoms with E-state index in [1.54, 1.807) is 24.4 Å². The Labute approximate surface area is 218 Å². The molecule has 1 unspecified atom stereocenters. The quantitative estimate of drug-likeness (QED) is 0.285. The average molecular weight is 517 g/mol. The monoisotopic (exact) mass is 516 g/mol. The molecular weight excluding hydrogens is 487 g/mol. The maximum Gasteiger partial charge on any atom is 0.229 e. The number of halogens is 1. The van der Waals surface area contributed by atoms with Gasteiger partial charge in [-0.1, -0.05) is 30.3 Å². The van der Waals surface area contributed by atoms with Gasteiger partial charge in [0, 0.05) is 36.7 Å². The second-order valence-corrected chi connectivity index (χ2v) is 10.5. The SMILES string of the molecule is N[C@@H](c1ccccc1)C1CCN(S(=O)c2ccc(Nc3nccc(Nc4ccc(F)cc4)n3)cc2)CC1. The van der Waals surface area contributed by atoms with E-state index in [2.05, 4.69) is 32.7 Å². The normalized spacial score (nSPS) is 16.2. The van der Waals surface area contributed by atoms with Crippen LogP contribution in [-0.4, -0.2) is 31.6 Å². The Kier molecular flexibility index (Phi) is 7.84. The molecule has 0 radical (unpaired) electrons. The van der Waals surface area contributed by atoms with Crippen LogP contribution in [0, 0.1) is 11.7 Å². The second-order valence-electron chi connectivity index (χ2n) is 9.00. The van der Waals surface area contributed by atoms with E-state index in [-0.39, 0.29) is 11.9 Å². The first-order valence-electron chi connectivity index (χ1n) is 12.3. The molecule has 2 atom stereocenters. The van der Waals surface area contributed by atoms with E-state index in [4.69, 9.17) is 5.73 Å². The van der Waals surface area contributed by atoms with Crippen molar-refractivity contribution in [2.75, 3.05) is 23.7 Å². The van der Waals surface area contributed by atoms with Crippen LogP contribution in [0.3, 0.4) is 0 Å². The third-order valence-electron chi connectivity index (χ3n) is 6.51. The molecule has 4 aromatic rings. The van der Waals surface area contributed by atoms with Crippen LogP contribution in [0.2, 0.25) is 0 Å². The lowest BCUT2D eigenvalue weighted by molar-refractivity contribution is 0.252. The lowest BCUT2D eigenvalue weighted by Gasteiger charge is -2.34. The summed E-state index contributed by atoms with van der Waals surface area (Å²) in [6, 6.07) is 25.5. The van der Waals surface area contributed by atoms with Crippen LogP contribution in [-0.2, 0) is 11.0 Å². The maximum atomic E-state index is 13.2. The molecular formula is C28H29FN6OS. The lowest BCUT2D eigenvalue weighted by Crippen LogP contribution is -2.38. The zero-order valence-electron chi connectivity index (χ0n) is 20.3. The van der Waals surface area contributed by atoms with Crippen LogP contribution >= 0.6 is 0 Å². The molecule has 1 aliphatic rings. The highest BCUT2D eigenvalue weighted by atomic mass is 32.2. The molecule has 7 nitrogen and oxygen atoms in total. The van der Waals surface area contributed by atoms with Gasteiger partial charge >= 0.3 is 0 Å². The van der Waals surface area contributed by atoms with Gasteiger partial charge in [-0.2, -0.15) is 4.98 Å². The zero-order chi connectivity index (χ0) is 25.6. The largest absolute Gasteiger partial charge is 0.340 e. The summed E-state index contributed by atoms with van der Waals surface area (Å²) in [7, 11) is -1.23. The summed E-state index contributed by atoms with van der Waals surface area (Å²) in [5.41, 5.74) is 9.18. The van der Waals surface area contributed by atoms with E-state index in [9.17, 15) is 8.60 Å². The topological polar surface area (TPSA) is 96.2 Å². The summed E-state index contributed by atoms with van der Waals surface area (Å²) in [4.78, 5) is 9.47. The third-order valence-corrected chi connectivity index (χ3v) is 8.02. The van der Waals surface area contributed by atoms with Crippen molar-refractivity contribution in [3.63, 3.8) is 0 Å². The van der Waals surface area contributed by atoms with Gasteiger partial charge in [-0.05, 0) is 78.9 Å². The number of piperidine rings is 1. The fraction of sp³-hybridized carbons (Fsp3) is 0.214. The molecule has 1 saturated heterocycles. The molecule has 4 N–H and O–H groups in total. The van der Waals surface area contributed by atoms with Gasteiger partial charge in [0.05, 0.1) is 4.90 Å². The van der Waals surface area contributed by atoms with Crippen molar-refractivity contribution < 1.29 is 8.60 Å². The first kappa shape index (κ1) is 25.0. The predicted molar refractivity (Wildman–Crippen MR) is 146 cm³/mol. The first-order valence-corrected chi connectivity index (χ1v) is 13.4. The van der Waals surface area contributed by atoms with Gasteiger partial charge in [0.1, 0.15) is 22.6 Å². The molecule has 190 valence electrons. The molecule has 1 aromatic heterocycles. The number of hydrogen-bond donors (Lipinski definition) is 3. The number of benzene rings is 3. The standard InChI is InChI=1S/C28H29FN6OS/c29-22-6-8-23(9-7-22)32-26-14-17-31-28(34-26)33-24-10-12-25(13-11-24)37(36)35-18-15-21(16-19-35)27(30)20-4-2-1-3-5-20/h1-14,17,21,27H,15-16,18-19,30H2,(H2,31,32,33,34)/t27-,37?/m0/s1. The van der Waals surface area contributed by atoms with Gasteiger partial charge < -0.3 is 16.4 Å². The van der Waals surface area contributed by atoms with E-state index in [1.807, 2.05) is 46.8 Å². The van der Waals surface area contributed by atoms with E-state index in [1.165, 1.54) is 12.1 Å². The number of nitrogens with one attached hydrogen (secondary N) is 2. The molecule has 1 fully saturated rings. The van der Waals surface area contributed by atoms with Crippen molar-refractivity contribution in [2.24, 2.45) is 11.7 Å². The molecule has 2 heterocycles. The summed E-state index contributed by atoms with van der Waals surface area (Å²) in [6.07, 6.45) is 3.47. The van der Waals surface area contributed by atoms with Crippen molar-refractivity contribution in [2.45, 2.75) is 23.8 Å². The van der Waals surface area contributed by atoms with Crippen molar-refractivity contribution in [1.82, 2.24) is 14.3 Å². The molecule has 3 aromatic carbocycles. The average Bonchev–Trinajstić information content (AvgIpc) is 2.95. The minimum absolute atomic E-state index is 0.00811. The molecule has 0 amide bonds. The Hall–Kier alpha value is -3.66. The number of hydrogen-bond acceptors (Lipinski definition) is 6. The molecule has 9 heteroatoms. The summed E-state index contributed by atoms with van der Waals surface area (Å²) >= 11 is 0. The summed E-state index contributed by atoms with van der Waals surface area (Å²) < 4.78 is 28.3. The summed E-state index contributed by atoms with van der Waals surface area (Å²) in [5, 5.41) is 6.30. The second kappa shape index (κ2) is 11.6. The van der Waals surface area contributed by atoms with Crippen LogP contribution in [0.25, 0.3) is 0 Å². The first-order chi connectivity index (χ1) is 18.0. The number of nitrogens with two attached hydrogens (primary N) is 1. The Morgan fingerprint density at radius 2 is 1.54 bits per heavy atom. The van der Waals surface area contributed by atoms with E-state index in [0.29, 0.717) is 17.7 Å². The number of aromatic nitrogens is 2. The molecule has 1 aliphatic heterocycles. The Morgan fingerprint density at radius 1 is 0.892 bits per heavy atom. The van der Waals surface area contributed by atoms with Crippen molar-refractivity contribution in [3.8, 4) is 0 Å². The van der Waals surface area contributed by atoms with Crippen LogP contribution < -0.4 is 16.4 Å². The highest BCUT2D eigenvalue weighted by Gasteiger charge is 2.28. The van der Waals surface area contributed by atoms with E-state index < -0.39 is 11.0 Å². The smallest absolute Gasteiger partial charge is 0.229 e. The Balaban J connectivity index is 1.16. The highest BCUT2D eigenvalue weighted by molar-refractivity contribution is 7.82. The van der Waals surface area contributed by atoms with Gasteiger partial charge in [0.25, 0.3) is 0 Å². The molecule has 0 aliphatic carbocycles. The van der Waals surface area contributed by atoms with Gasteiger partial charge in [-0.15, -0.1) is 0 Å². The minimum Gasteiger partial charge on any atom is -0.340 e. The van der Waals surface area contributed by atoms with E-state index in [0.717, 1.165) is 47.8 Å². The summed E-state index contributed by atoms with van der Waals surface area (Å²) in [6.45, 7) is 1.50. The zero-order valence-corrected chi connectivity index (χ0v) is 21.1. The van der Waals surface area contributed by atoms with Crippen molar-refractivity contribution >= 4 is 34.1 Å². The molecule has 0 saturated carbocycles. The predicted octanol–water partition coefficient (Wildman–Crippen LogP) is 5.54. The fourth-order valence-corrected chi connectivity index (χ4v) is 5.66. The Bertz CT molecular complexity index is 1330. The van der Waals surface area contributed by atoms with E-state index >= 15 is 0 Å². The van der Waals surface area contributed by atoms with Gasteiger partial charge in [0.15, 0.2) is 0 Å². The third kappa shape index (κ3) is 6.37. The van der Waals surface area contributed by atoms with Crippen LogP contribution in [0.5, 0.6) is 0 Å². The van der Waals surface area contributed by atoms with Gasteiger partial charge in [-0.25, -0.2) is 17.9 Å². The van der Waals surface area contributed by atoms with Gasteiger partial charge in [-0.3, -0.25) is 0 Å². The van der Waals surface area contributed by atoms with Gasteiger partial charge in [0.2, 0.25) is 5.95 Å².